The van der Waals surface area contributed by atoms with Gasteiger partial charge in [0.1, 0.15) is 5.25 Å². The van der Waals surface area contributed by atoms with Gasteiger partial charge in [-0.3, -0.25) is 4.79 Å². The first-order valence-electron chi connectivity index (χ1n) is 10.3. The Bertz CT molecular complexity index is 841. The summed E-state index contributed by atoms with van der Waals surface area (Å²) in [5, 5.41) is -0.550. The van der Waals surface area contributed by atoms with Crippen LogP contribution in [0.15, 0.2) is 12.3 Å². The molecule has 30 heavy (non-hydrogen) atoms. The summed E-state index contributed by atoms with van der Waals surface area (Å²) in [6, 6.07) is 1.07. The molecular weight excluding hydrogens is 410 g/mol. The van der Waals surface area contributed by atoms with Crippen LogP contribution < -0.4 is 9.46 Å². The number of likely N-dealkylation sites (tertiary alicyclic amines) is 1. The van der Waals surface area contributed by atoms with E-state index in [-0.39, 0.29) is 25.7 Å². The summed E-state index contributed by atoms with van der Waals surface area (Å²) in [5.41, 5.74) is 1.93. The molecule has 0 unspecified atom stereocenters. The molecule has 168 valence electrons. The number of hydrogen-bond acceptors (Lipinski definition) is 7. The minimum atomic E-state index is -3.54. The maximum Gasteiger partial charge on any atom is 0.260 e. The van der Waals surface area contributed by atoms with Gasteiger partial charge in [-0.1, -0.05) is 0 Å². The third-order valence-electron chi connectivity index (χ3n) is 5.84. The summed E-state index contributed by atoms with van der Waals surface area (Å²) in [5.74, 6) is 0.218. The van der Waals surface area contributed by atoms with E-state index < -0.39 is 27.4 Å². The number of carbonyl (C=O) groups excluding carboxylic acids is 1. The van der Waals surface area contributed by atoms with E-state index in [1.165, 1.54) is 0 Å². The fraction of sp³-hybridized carbons (Fsp3) is 0.700. The van der Waals surface area contributed by atoms with Crippen molar-refractivity contribution in [3.05, 3.63) is 23.4 Å². The molecule has 9 nitrogen and oxygen atoms in total. The number of carbonyl (C=O) groups is 1. The molecule has 2 fully saturated rings. The third kappa shape index (κ3) is 5.29. The molecule has 2 aliphatic heterocycles. The first-order valence-corrected chi connectivity index (χ1v) is 11.8. The number of aryl methyl sites for hydroxylation is 1. The van der Waals surface area contributed by atoms with Gasteiger partial charge in [0.2, 0.25) is 15.9 Å². The van der Waals surface area contributed by atoms with Crippen LogP contribution in [0.1, 0.15) is 30.4 Å². The van der Waals surface area contributed by atoms with E-state index in [1.54, 1.807) is 18.2 Å². The largest absolute Gasteiger partial charge is 0.467 e. The van der Waals surface area contributed by atoms with Gasteiger partial charge in [0, 0.05) is 38.1 Å². The number of sulfonamides is 1. The van der Waals surface area contributed by atoms with Crippen LogP contribution in [0.2, 0.25) is 0 Å². The van der Waals surface area contributed by atoms with Gasteiger partial charge in [0.25, 0.3) is 5.91 Å². The van der Waals surface area contributed by atoms with E-state index in [9.17, 15) is 13.2 Å². The van der Waals surface area contributed by atoms with Gasteiger partial charge in [0.15, 0.2) is 6.61 Å². The van der Waals surface area contributed by atoms with Gasteiger partial charge in [0.05, 0.1) is 19.3 Å². The van der Waals surface area contributed by atoms with Crippen LogP contribution in [0.25, 0.3) is 0 Å². The normalized spacial score (nSPS) is 24.8. The SMILES string of the molecule is COC[C@H]1[C@@H](NS(=O)(=O)[C@@H]2CCOC2)CCCN1C(=O)COc1nccc(C)c1C. The average molecular weight is 442 g/mol. The zero-order valence-electron chi connectivity index (χ0n) is 17.8. The molecule has 0 aliphatic carbocycles. The molecular formula is C20H31N3O6S. The van der Waals surface area contributed by atoms with Crippen molar-refractivity contribution >= 4 is 15.9 Å². The number of hydrogen-bond donors (Lipinski definition) is 1. The van der Waals surface area contributed by atoms with Gasteiger partial charge in [-0.2, -0.15) is 0 Å². The number of pyridine rings is 1. The standard InChI is InChI=1S/C20H31N3O6S/c1-14-6-8-21-20(15(14)2)29-13-19(24)23-9-4-5-17(18(23)12-27-3)22-30(25,26)16-7-10-28-11-16/h6,8,16-18,22H,4-5,7,9-13H2,1-3H3/t16-,17+,18+/m1/s1. The van der Waals surface area contributed by atoms with Crippen molar-refractivity contribution in [2.24, 2.45) is 0 Å². The van der Waals surface area contributed by atoms with Crippen molar-refractivity contribution in [2.45, 2.75) is 50.4 Å². The molecule has 2 aliphatic rings. The lowest BCUT2D eigenvalue weighted by molar-refractivity contribution is -0.139. The number of piperidine rings is 1. The quantitative estimate of drug-likeness (QED) is 0.636. The smallest absolute Gasteiger partial charge is 0.260 e. The Balaban J connectivity index is 1.68. The number of nitrogens with one attached hydrogen (secondary N) is 1. The lowest BCUT2D eigenvalue weighted by Crippen LogP contribution is -2.60. The molecule has 3 atom stereocenters. The van der Waals surface area contributed by atoms with Crippen LogP contribution in [0.4, 0.5) is 0 Å². The van der Waals surface area contributed by atoms with Crippen LogP contribution in [-0.2, 0) is 24.3 Å². The Morgan fingerprint density at radius 2 is 2.17 bits per heavy atom. The van der Waals surface area contributed by atoms with Crippen molar-refractivity contribution in [3.63, 3.8) is 0 Å². The van der Waals surface area contributed by atoms with E-state index >= 15 is 0 Å². The number of rotatable bonds is 8. The lowest BCUT2D eigenvalue weighted by atomic mass is 9.97. The highest BCUT2D eigenvalue weighted by atomic mass is 32.2. The predicted molar refractivity (Wildman–Crippen MR) is 111 cm³/mol. The lowest BCUT2D eigenvalue weighted by Gasteiger charge is -2.41. The number of methoxy groups -OCH3 is 1. The van der Waals surface area contributed by atoms with Crippen molar-refractivity contribution < 1.29 is 27.4 Å². The van der Waals surface area contributed by atoms with E-state index in [1.807, 2.05) is 19.9 Å². The molecule has 3 rings (SSSR count). The van der Waals surface area contributed by atoms with Crippen LogP contribution >= 0.6 is 0 Å². The topological polar surface area (TPSA) is 107 Å². The number of nitrogens with zero attached hydrogens (tertiary/aromatic N) is 2. The molecule has 2 saturated heterocycles. The zero-order valence-corrected chi connectivity index (χ0v) is 18.6. The third-order valence-corrected chi connectivity index (χ3v) is 7.72. The monoisotopic (exact) mass is 441 g/mol. The van der Waals surface area contributed by atoms with Gasteiger partial charge in [-0.05, 0) is 44.7 Å². The van der Waals surface area contributed by atoms with E-state index in [0.717, 1.165) is 11.1 Å². The van der Waals surface area contributed by atoms with Crippen LogP contribution in [0.5, 0.6) is 5.88 Å². The van der Waals surface area contributed by atoms with Gasteiger partial charge in [-0.25, -0.2) is 18.1 Å². The molecule has 1 amide bonds. The summed E-state index contributed by atoms with van der Waals surface area (Å²) in [6.07, 6.45) is 3.47. The fourth-order valence-corrected chi connectivity index (χ4v) is 5.48. The van der Waals surface area contributed by atoms with Crippen molar-refractivity contribution in [3.8, 4) is 5.88 Å². The van der Waals surface area contributed by atoms with E-state index in [0.29, 0.717) is 38.3 Å². The van der Waals surface area contributed by atoms with Crippen LogP contribution in [-0.4, -0.2) is 81.6 Å². The minimum absolute atomic E-state index is 0.159. The molecule has 0 radical (unpaired) electrons. The Hall–Kier alpha value is -1.75. The highest BCUT2D eigenvalue weighted by molar-refractivity contribution is 7.90. The average Bonchev–Trinajstić information content (AvgIpc) is 3.26. The Labute approximate surface area is 178 Å². The fourth-order valence-electron chi connectivity index (χ4n) is 3.91. The summed E-state index contributed by atoms with van der Waals surface area (Å²) in [6.45, 7) is 5.12. The highest BCUT2D eigenvalue weighted by Crippen LogP contribution is 2.23. The van der Waals surface area contributed by atoms with E-state index in [4.69, 9.17) is 14.2 Å². The van der Waals surface area contributed by atoms with Gasteiger partial charge < -0.3 is 19.1 Å². The molecule has 1 aromatic rings. The summed E-state index contributed by atoms with van der Waals surface area (Å²) >= 11 is 0. The molecule has 10 heteroatoms. The number of aromatic nitrogens is 1. The van der Waals surface area contributed by atoms with Crippen molar-refractivity contribution in [1.29, 1.82) is 0 Å². The van der Waals surface area contributed by atoms with Crippen LogP contribution in [0, 0.1) is 13.8 Å². The van der Waals surface area contributed by atoms with E-state index in [2.05, 4.69) is 9.71 Å². The Kier molecular flexibility index (Phi) is 7.67. The maximum atomic E-state index is 12.9. The Morgan fingerprint density at radius 3 is 2.87 bits per heavy atom. The summed E-state index contributed by atoms with van der Waals surface area (Å²) in [7, 11) is -1.99. The first-order chi connectivity index (χ1) is 14.3. The molecule has 1 aromatic heterocycles. The van der Waals surface area contributed by atoms with Crippen LogP contribution in [0.3, 0.4) is 0 Å². The van der Waals surface area contributed by atoms with Gasteiger partial charge >= 0.3 is 0 Å². The molecule has 0 spiro atoms. The van der Waals surface area contributed by atoms with Crippen molar-refractivity contribution in [1.82, 2.24) is 14.6 Å². The number of amides is 1. The second-order valence-corrected chi connectivity index (χ2v) is 9.85. The molecule has 0 bridgehead atoms. The second kappa shape index (κ2) is 10.0. The molecule has 0 aromatic carbocycles. The zero-order chi connectivity index (χ0) is 21.7. The molecule has 1 N–H and O–H groups in total. The predicted octanol–water partition coefficient (Wildman–Crippen LogP) is 0.792. The highest BCUT2D eigenvalue weighted by Gasteiger charge is 2.39. The minimum Gasteiger partial charge on any atom is -0.467 e. The summed E-state index contributed by atoms with van der Waals surface area (Å²) < 4.78 is 44.5. The van der Waals surface area contributed by atoms with Gasteiger partial charge in [-0.15, -0.1) is 0 Å². The first kappa shape index (κ1) is 22.9. The second-order valence-electron chi connectivity index (χ2n) is 7.85. The molecule has 0 saturated carbocycles. The van der Waals surface area contributed by atoms with Crippen molar-refractivity contribution in [2.75, 3.05) is 40.1 Å². The molecule has 3 heterocycles. The maximum absolute atomic E-state index is 12.9. The Morgan fingerprint density at radius 1 is 1.37 bits per heavy atom. The number of ether oxygens (including phenoxy) is 3. The summed E-state index contributed by atoms with van der Waals surface area (Å²) in [4.78, 5) is 18.8.